The monoisotopic (exact) mass is 244 g/mol. The van der Waals surface area contributed by atoms with Crippen LogP contribution in [0.3, 0.4) is 0 Å². The number of rotatable bonds is 4. The summed E-state index contributed by atoms with van der Waals surface area (Å²) in [5, 5.41) is 2.20. The lowest BCUT2D eigenvalue weighted by Crippen LogP contribution is -2.08. The Balaban J connectivity index is 2.56. The van der Waals surface area contributed by atoms with E-state index in [9.17, 15) is 0 Å². The fourth-order valence-corrected chi connectivity index (χ4v) is 1.98. The van der Waals surface area contributed by atoms with Crippen LogP contribution in [0.15, 0.2) is 36.4 Å². The number of hydrogen-bond donors (Lipinski definition) is 0. The topological polar surface area (TPSA) is 18.5 Å². The minimum atomic E-state index is 0.155. The van der Waals surface area contributed by atoms with Crippen LogP contribution in [0.1, 0.15) is 27.7 Å². The van der Waals surface area contributed by atoms with Crippen molar-refractivity contribution < 1.29 is 9.47 Å². The predicted molar refractivity (Wildman–Crippen MR) is 75.5 cm³/mol. The minimum absolute atomic E-state index is 0.155. The second-order valence-electron chi connectivity index (χ2n) is 4.94. The Bertz CT molecular complexity index is 485. The molecule has 0 bridgehead atoms. The highest BCUT2D eigenvalue weighted by atomic mass is 16.5. The molecule has 0 atom stereocenters. The SMILES string of the molecule is CC(C)Oc1cccc2cccc(OC(C)C)c12. The van der Waals surface area contributed by atoms with Crippen molar-refractivity contribution in [1.29, 1.82) is 0 Å². The number of hydrogen-bond acceptors (Lipinski definition) is 2. The van der Waals surface area contributed by atoms with Gasteiger partial charge in [-0.3, -0.25) is 0 Å². The van der Waals surface area contributed by atoms with E-state index in [1.807, 2.05) is 52.0 Å². The van der Waals surface area contributed by atoms with E-state index in [1.54, 1.807) is 0 Å². The van der Waals surface area contributed by atoms with Gasteiger partial charge >= 0.3 is 0 Å². The second-order valence-corrected chi connectivity index (χ2v) is 4.94. The van der Waals surface area contributed by atoms with E-state index in [-0.39, 0.29) is 12.2 Å². The maximum atomic E-state index is 5.87. The molecular weight excluding hydrogens is 224 g/mol. The second kappa shape index (κ2) is 5.30. The number of benzene rings is 2. The average Bonchev–Trinajstić information content (AvgIpc) is 2.27. The summed E-state index contributed by atoms with van der Waals surface area (Å²) in [6, 6.07) is 12.2. The van der Waals surface area contributed by atoms with Crippen molar-refractivity contribution in [1.82, 2.24) is 0 Å². The predicted octanol–water partition coefficient (Wildman–Crippen LogP) is 4.41. The van der Waals surface area contributed by atoms with Crippen LogP contribution in [0.5, 0.6) is 11.5 Å². The third-order valence-corrected chi connectivity index (χ3v) is 2.55. The van der Waals surface area contributed by atoms with E-state index in [4.69, 9.17) is 9.47 Å². The molecule has 2 nitrogen and oxygen atoms in total. The molecule has 2 aromatic carbocycles. The van der Waals surface area contributed by atoms with Gasteiger partial charge < -0.3 is 9.47 Å². The molecule has 0 amide bonds. The van der Waals surface area contributed by atoms with Crippen molar-refractivity contribution in [2.45, 2.75) is 39.9 Å². The Hall–Kier alpha value is -1.70. The molecule has 0 aliphatic carbocycles. The molecule has 2 heteroatoms. The molecule has 18 heavy (non-hydrogen) atoms. The summed E-state index contributed by atoms with van der Waals surface area (Å²) >= 11 is 0. The summed E-state index contributed by atoms with van der Waals surface area (Å²) in [4.78, 5) is 0. The van der Waals surface area contributed by atoms with Gasteiger partial charge in [0.15, 0.2) is 0 Å². The standard InChI is InChI=1S/C16H20O2/c1-11(2)17-14-9-5-7-13-8-6-10-15(16(13)14)18-12(3)4/h5-12H,1-4H3. The highest BCUT2D eigenvalue weighted by Crippen LogP contribution is 2.34. The molecule has 0 saturated heterocycles. The van der Waals surface area contributed by atoms with Gasteiger partial charge in [-0.25, -0.2) is 0 Å². The summed E-state index contributed by atoms with van der Waals surface area (Å²) in [5.41, 5.74) is 0. The first-order valence-electron chi connectivity index (χ1n) is 6.43. The lowest BCUT2D eigenvalue weighted by Gasteiger charge is -2.17. The Morgan fingerprint density at radius 1 is 0.722 bits per heavy atom. The molecule has 0 aromatic heterocycles. The molecule has 0 aliphatic rings. The molecule has 0 spiro atoms. The molecule has 2 aromatic rings. The number of ether oxygens (including phenoxy) is 2. The van der Waals surface area contributed by atoms with Crippen molar-refractivity contribution in [3.8, 4) is 11.5 Å². The van der Waals surface area contributed by atoms with E-state index >= 15 is 0 Å². The summed E-state index contributed by atoms with van der Waals surface area (Å²) < 4.78 is 11.7. The molecule has 0 fully saturated rings. The van der Waals surface area contributed by atoms with Crippen LogP contribution in [0.25, 0.3) is 10.8 Å². The third kappa shape index (κ3) is 2.76. The van der Waals surface area contributed by atoms with Crippen molar-refractivity contribution in [3.05, 3.63) is 36.4 Å². The van der Waals surface area contributed by atoms with Crippen LogP contribution in [0.4, 0.5) is 0 Å². The summed E-state index contributed by atoms with van der Waals surface area (Å²) in [6.45, 7) is 8.13. The molecule has 2 rings (SSSR count). The van der Waals surface area contributed by atoms with Crippen LogP contribution in [0.2, 0.25) is 0 Å². The van der Waals surface area contributed by atoms with Crippen LogP contribution in [0, 0.1) is 0 Å². The van der Waals surface area contributed by atoms with E-state index in [0.717, 1.165) is 22.3 Å². The zero-order valence-electron chi connectivity index (χ0n) is 11.4. The van der Waals surface area contributed by atoms with Crippen LogP contribution >= 0.6 is 0 Å². The average molecular weight is 244 g/mol. The third-order valence-electron chi connectivity index (χ3n) is 2.55. The molecule has 0 radical (unpaired) electrons. The summed E-state index contributed by atoms with van der Waals surface area (Å²) in [6.07, 6.45) is 0.311. The Labute approximate surface area is 109 Å². The molecule has 96 valence electrons. The maximum absolute atomic E-state index is 5.87. The number of fused-ring (bicyclic) bond motifs is 1. The molecular formula is C16H20O2. The van der Waals surface area contributed by atoms with Crippen molar-refractivity contribution in [3.63, 3.8) is 0 Å². The highest BCUT2D eigenvalue weighted by molar-refractivity contribution is 5.93. The van der Waals surface area contributed by atoms with Gasteiger partial charge in [0.1, 0.15) is 11.5 Å². The van der Waals surface area contributed by atoms with Gasteiger partial charge in [0.2, 0.25) is 0 Å². The van der Waals surface area contributed by atoms with Gasteiger partial charge in [0.25, 0.3) is 0 Å². The zero-order chi connectivity index (χ0) is 13.1. The minimum Gasteiger partial charge on any atom is -0.490 e. The van der Waals surface area contributed by atoms with Crippen molar-refractivity contribution in [2.75, 3.05) is 0 Å². The highest BCUT2D eigenvalue weighted by Gasteiger charge is 2.10. The van der Waals surface area contributed by atoms with Gasteiger partial charge in [-0.05, 0) is 45.2 Å². The van der Waals surface area contributed by atoms with Crippen molar-refractivity contribution >= 4 is 10.8 Å². The smallest absolute Gasteiger partial charge is 0.131 e. The lowest BCUT2D eigenvalue weighted by atomic mass is 10.1. The van der Waals surface area contributed by atoms with Gasteiger partial charge in [0.05, 0.1) is 17.6 Å². The van der Waals surface area contributed by atoms with Crippen molar-refractivity contribution in [2.24, 2.45) is 0 Å². The maximum Gasteiger partial charge on any atom is 0.131 e. The zero-order valence-corrected chi connectivity index (χ0v) is 11.4. The molecule has 0 N–H and O–H groups in total. The van der Waals surface area contributed by atoms with E-state index < -0.39 is 0 Å². The lowest BCUT2D eigenvalue weighted by molar-refractivity contribution is 0.236. The quantitative estimate of drug-likeness (QED) is 0.793. The Morgan fingerprint density at radius 3 is 1.56 bits per heavy atom. The molecule has 0 heterocycles. The van der Waals surface area contributed by atoms with Crippen LogP contribution in [-0.2, 0) is 0 Å². The first kappa shape index (κ1) is 12.7. The molecule has 0 unspecified atom stereocenters. The van der Waals surface area contributed by atoms with Crippen LogP contribution < -0.4 is 9.47 Å². The Kier molecular flexibility index (Phi) is 3.75. The summed E-state index contributed by atoms with van der Waals surface area (Å²) in [7, 11) is 0. The van der Waals surface area contributed by atoms with Gasteiger partial charge in [-0.2, -0.15) is 0 Å². The Morgan fingerprint density at radius 2 is 1.17 bits per heavy atom. The first-order chi connectivity index (χ1) is 8.58. The fourth-order valence-electron chi connectivity index (χ4n) is 1.98. The fraction of sp³-hybridized carbons (Fsp3) is 0.375. The normalized spacial score (nSPS) is 11.2. The molecule has 0 aliphatic heterocycles. The van der Waals surface area contributed by atoms with E-state index in [1.165, 1.54) is 0 Å². The van der Waals surface area contributed by atoms with Gasteiger partial charge in [-0.15, -0.1) is 0 Å². The van der Waals surface area contributed by atoms with Gasteiger partial charge in [-0.1, -0.05) is 24.3 Å². The van der Waals surface area contributed by atoms with E-state index in [2.05, 4.69) is 12.1 Å². The summed E-state index contributed by atoms with van der Waals surface area (Å²) in [5.74, 6) is 1.78. The molecule has 0 saturated carbocycles. The first-order valence-corrected chi connectivity index (χ1v) is 6.43. The largest absolute Gasteiger partial charge is 0.490 e. The van der Waals surface area contributed by atoms with Gasteiger partial charge in [0, 0.05) is 0 Å². The van der Waals surface area contributed by atoms with E-state index in [0.29, 0.717) is 0 Å². The van der Waals surface area contributed by atoms with Crippen LogP contribution in [-0.4, -0.2) is 12.2 Å².